The third kappa shape index (κ3) is 4.22. The molecule has 0 unspecified atom stereocenters. The van der Waals surface area contributed by atoms with Crippen molar-refractivity contribution in [2.24, 2.45) is 0 Å². The molecule has 11 rings (SSSR count). The number of pyridine rings is 1. The Morgan fingerprint density at radius 2 is 1.04 bits per heavy atom. The first-order valence-electron chi connectivity index (χ1n) is 17.2. The molecule has 0 aliphatic heterocycles. The summed E-state index contributed by atoms with van der Waals surface area (Å²) >= 11 is 0. The van der Waals surface area contributed by atoms with Crippen LogP contribution in [-0.2, 0) is 0 Å². The van der Waals surface area contributed by atoms with Crippen molar-refractivity contribution in [3.05, 3.63) is 170 Å². The lowest BCUT2D eigenvalue weighted by molar-refractivity contribution is 0.620. The van der Waals surface area contributed by atoms with Gasteiger partial charge in [0.25, 0.3) is 0 Å². The van der Waals surface area contributed by atoms with Crippen LogP contribution in [0.15, 0.2) is 174 Å². The first kappa shape index (κ1) is 27.9. The summed E-state index contributed by atoms with van der Waals surface area (Å²) in [5, 5.41) is 5.89. The van der Waals surface area contributed by atoms with Crippen LogP contribution in [0, 0.1) is 0 Å². The first-order chi connectivity index (χ1) is 25.3. The number of benzene rings is 7. The predicted octanol–water partition coefficient (Wildman–Crippen LogP) is 11.9. The Balaban J connectivity index is 1.19. The van der Waals surface area contributed by atoms with Gasteiger partial charge in [-0.1, -0.05) is 84.9 Å². The van der Waals surface area contributed by atoms with E-state index in [0.29, 0.717) is 5.89 Å². The third-order valence-electron chi connectivity index (χ3n) is 10.2. The fourth-order valence-electron chi connectivity index (χ4n) is 7.89. The van der Waals surface area contributed by atoms with Crippen LogP contribution in [0.2, 0.25) is 0 Å². The van der Waals surface area contributed by atoms with Gasteiger partial charge in [0, 0.05) is 50.1 Å². The molecule has 5 nitrogen and oxygen atoms in total. The number of nitrogens with zero attached hydrogens (tertiary/aromatic N) is 4. The highest BCUT2D eigenvalue weighted by molar-refractivity contribution is 6.11. The van der Waals surface area contributed by atoms with Gasteiger partial charge in [0.1, 0.15) is 5.52 Å². The lowest BCUT2D eigenvalue weighted by atomic mass is 9.99. The fraction of sp³-hybridized carbons (Fsp3) is 0. The molecule has 51 heavy (non-hydrogen) atoms. The van der Waals surface area contributed by atoms with Crippen molar-refractivity contribution >= 4 is 65.6 Å². The highest BCUT2D eigenvalue weighted by Crippen LogP contribution is 2.39. The van der Waals surface area contributed by atoms with Crippen molar-refractivity contribution in [1.82, 2.24) is 19.1 Å². The van der Waals surface area contributed by atoms with Crippen molar-refractivity contribution in [1.29, 1.82) is 0 Å². The average molecular weight is 653 g/mol. The minimum atomic E-state index is 0.564. The molecule has 7 aromatic carbocycles. The smallest absolute Gasteiger partial charge is 0.227 e. The zero-order valence-electron chi connectivity index (χ0n) is 27.4. The van der Waals surface area contributed by atoms with Crippen LogP contribution in [0.5, 0.6) is 0 Å². The molecule has 0 saturated heterocycles. The van der Waals surface area contributed by atoms with E-state index in [2.05, 4.69) is 160 Å². The Bertz CT molecular complexity index is 3090. The number of para-hydroxylation sites is 4. The fourth-order valence-corrected chi connectivity index (χ4v) is 7.89. The maximum Gasteiger partial charge on any atom is 0.227 e. The molecule has 0 bridgehead atoms. The van der Waals surface area contributed by atoms with Gasteiger partial charge in [-0.15, -0.1) is 0 Å². The van der Waals surface area contributed by atoms with Crippen LogP contribution in [0.25, 0.3) is 99.6 Å². The minimum Gasteiger partial charge on any atom is -0.436 e. The monoisotopic (exact) mass is 652 g/mol. The van der Waals surface area contributed by atoms with Gasteiger partial charge in [0.05, 0.1) is 27.6 Å². The van der Waals surface area contributed by atoms with E-state index in [1.54, 1.807) is 0 Å². The quantitative estimate of drug-likeness (QED) is 0.190. The molecule has 0 radical (unpaired) electrons. The molecule has 5 heteroatoms. The van der Waals surface area contributed by atoms with Crippen LogP contribution >= 0.6 is 0 Å². The van der Waals surface area contributed by atoms with Crippen molar-refractivity contribution in [3.8, 4) is 34.0 Å². The summed E-state index contributed by atoms with van der Waals surface area (Å²) < 4.78 is 11.2. The van der Waals surface area contributed by atoms with Crippen molar-refractivity contribution in [3.63, 3.8) is 0 Å². The van der Waals surface area contributed by atoms with Gasteiger partial charge in [-0.05, 0) is 90.0 Å². The van der Waals surface area contributed by atoms with Gasteiger partial charge in [0.15, 0.2) is 5.58 Å². The summed E-state index contributed by atoms with van der Waals surface area (Å²) in [4.78, 5) is 9.74. The summed E-state index contributed by atoms with van der Waals surface area (Å²) in [5.74, 6) is 0.564. The second-order valence-corrected chi connectivity index (χ2v) is 13.1. The van der Waals surface area contributed by atoms with E-state index in [4.69, 9.17) is 9.40 Å². The number of hydrogen-bond donors (Lipinski definition) is 0. The van der Waals surface area contributed by atoms with Gasteiger partial charge >= 0.3 is 0 Å². The molecule has 0 atom stereocenters. The van der Waals surface area contributed by atoms with Gasteiger partial charge in [-0.3, -0.25) is 4.98 Å². The molecule has 0 aliphatic rings. The van der Waals surface area contributed by atoms with E-state index in [1.165, 1.54) is 32.6 Å². The van der Waals surface area contributed by atoms with Gasteiger partial charge < -0.3 is 13.6 Å². The second-order valence-electron chi connectivity index (χ2n) is 13.1. The molecule has 4 aromatic heterocycles. The number of aromatic nitrogens is 4. The summed E-state index contributed by atoms with van der Waals surface area (Å²) in [5.41, 5.74) is 12.2. The Hall–Kier alpha value is -6.98. The molecule has 11 aromatic rings. The van der Waals surface area contributed by atoms with Gasteiger partial charge in [0.2, 0.25) is 5.89 Å². The molecule has 0 fully saturated rings. The number of rotatable bonds is 4. The number of hydrogen-bond acceptors (Lipinski definition) is 3. The summed E-state index contributed by atoms with van der Waals surface area (Å²) in [6.07, 6.45) is 1.81. The average Bonchev–Trinajstić information content (AvgIpc) is 3.89. The zero-order chi connectivity index (χ0) is 33.5. The highest BCUT2D eigenvalue weighted by Gasteiger charge is 2.19. The van der Waals surface area contributed by atoms with E-state index in [1.807, 2.05) is 24.4 Å². The number of fused-ring (bicyclic) bond motifs is 9. The van der Waals surface area contributed by atoms with E-state index < -0.39 is 0 Å². The second kappa shape index (κ2) is 10.8. The lowest BCUT2D eigenvalue weighted by Gasteiger charge is -2.13. The largest absolute Gasteiger partial charge is 0.436 e. The minimum absolute atomic E-state index is 0.564. The molecular weight excluding hydrogens is 625 g/mol. The maximum absolute atomic E-state index is 6.52. The van der Waals surface area contributed by atoms with Gasteiger partial charge in [-0.2, -0.15) is 0 Å². The molecule has 0 N–H and O–H groups in total. The Labute approximate surface area is 292 Å². The molecule has 0 amide bonds. The molecule has 4 heterocycles. The Morgan fingerprint density at radius 1 is 0.412 bits per heavy atom. The Kier molecular flexibility index (Phi) is 5.89. The summed E-state index contributed by atoms with van der Waals surface area (Å²) in [7, 11) is 0. The SMILES string of the molecule is c1ccc(-n2c3ccccc3c3cc(-c4cc(-c5nc6c(ccc7cccnc76)o5)cc(-n5c6ccccc6c6ccccc65)c4)ccc32)cc1. The van der Waals surface area contributed by atoms with E-state index in [0.717, 1.165) is 61.1 Å². The molecular formula is C46H28N4O. The van der Waals surface area contributed by atoms with E-state index in [-0.39, 0.29) is 0 Å². The predicted molar refractivity (Wildman–Crippen MR) is 209 cm³/mol. The standard InChI is InChI=1S/C46H28N4O/c1-2-12-33(13-3-1)49-41-19-9-6-16-37(41)38-28-30(20-22-42(38)49)31-25-32(46-48-45-43(51-46)23-21-29-11-10-24-47-44(29)45)27-34(26-31)50-39-17-7-4-14-35(39)36-15-5-8-18-40(36)50/h1-28H. The van der Waals surface area contributed by atoms with Crippen LogP contribution in [0.3, 0.4) is 0 Å². The summed E-state index contributed by atoms with van der Waals surface area (Å²) in [6.45, 7) is 0. The highest BCUT2D eigenvalue weighted by atomic mass is 16.3. The van der Waals surface area contributed by atoms with Crippen LogP contribution < -0.4 is 0 Å². The first-order valence-corrected chi connectivity index (χ1v) is 17.2. The Morgan fingerprint density at radius 3 is 1.78 bits per heavy atom. The van der Waals surface area contributed by atoms with Crippen molar-refractivity contribution < 1.29 is 4.42 Å². The topological polar surface area (TPSA) is 48.8 Å². The lowest BCUT2D eigenvalue weighted by Crippen LogP contribution is -1.96. The summed E-state index contributed by atoms with van der Waals surface area (Å²) in [6, 6.07) is 58.0. The van der Waals surface area contributed by atoms with E-state index in [9.17, 15) is 0 Å². The normalized spacial score (nSPS) is 11.9. The molecule has 0 aliphatic carbocycles. The molecule has 0 saturated carbocycles. The maximum atomic E-state index is 6.52. The number of oxazole rings is 1. The van der Waals surface area contributed by atoms with Gasteiger partial charge in [-0.25, -0.2) is 4.98 Å². The van der Waals surface area contributed by atoms with Crippen molar-refractivity contribution in [2.45, 2.75) is 0 Å². The van der Waals surface area contributed by atoms with Crippen LogP contribution in [-0.4, -0.2) is 19.1 Å². The third-order valence-corrected chi connectivity index (χ3v) is 10.2. The van der Waals surface area contributed by atoms with Crippen molar-refractivity contribution in [2.75, 3.05) is 0 Å². The van der Waals surface area contributed by atoms with Crippen LogP contribution in [0.1, 0.15) is 0 Å². The van der Waals surface area contributed by atoms with E-state index >= 15 is 0 Å². The van der Waals surface area contributed by atoms with Crippen LogP contribution in [0.4, 0.5) is 0 Å². The zero-order valence-corrected chi connectivity index (χ0v) is 27.4. The molecule has 238 valence electrons. The molecule has 0 spiro atoms.